The van der Waals surface area contributed by atoms with Crippen molar-refractivity contribution in [1.82, 2.24) is 5.32 Å². The summed E-state index contributed by atoms with van der Waals surface area (Å²) in [5.41, 5.74) is 2.27. The smallest absolute Gasteiger partial charge is 0.251 e. The van der Waals surface area contributed by atoms with Gasteiger partial charge >= 0.3 is 0 Å². The van der Waals surface area contributed by atoms with Gasteiger partial charge in [0.05, 0.1) is 0 Å². The molecule has 1 unspecified atom stereocenters. The molecule has 1 N–H and O–H groups in total. The van der Waals surface area contributed by atoms with E-state index in [-0.39, 0.29) is 11.9 Å². The van der Waals surface area contributed by atoms with Crippen LogP contribution in [0.3, 0.4) is 0 Å². The van der Waals surface area contributed by atoms with Crippen molar-refractivity contribution in [3.05, 3.63) is 65.2 Å². The second-order valence-electron chi connectivity index (χ2n) is 6.11. The lowest BCUT2D eigenvalue weighted by Crippen LogP contribution is -2.33. The molecule has 5 heteroatoms. The number of carbonyl (C=O) groups excluding carboxylic acids is 1. The second kappa shape index (κ2) is 7.90. The van der Waals surface area contributed by atoms with Crippen LogP contribution in [0.5, 0.6) is 0 Å². The van der Waals surface area contributed by atoms with Crippen molar-refractivity contribution in [2.24, 2.45) is 0 Å². The number of rotatable bonds is 6. The molecule has 2 aromatic carbocycles. The topological polar surface area (TPSA) is 32.3 Å². The standard InChI is InChI=1S/C19H22F2N2O/c1-13(7-8-14-9-10-17(20)18(21)11-14)22-19(24)15-5-4-6-16(12-15)23(2)3/h4-6,9-13H,7-8H2,1-3H3,(H,22,24). The fraction of sp³-hybridized carbons (Fsp3) is 0.316. The number of anilines is 1. The first kappa shape index (κ1) is 17.9. The minimum atomic E-state index is -0.846. The molecule has 0 bridgehead atoms. The fourth-order valence-electron chi connectivity index (χ4n) is 2.38. The highest BCUT2D eigenvalue weighted by Gasteiger charge is 2.11. The first-order chi connectivity index (χ1) is 11.4. The molecular weight excluding hydrogens is 310 g/mol. The third-order valence-corrected chi connectivity index (χ3v) is 3.85. The Balaban J connectivity index is 1.91. The summed E-state index contributed by atoms with van der Waals surface area (Å²) in [6.45, 7) is 1.90. The fourth-order valence-corrected chi connectivity index (χ4v) is 2.38. The molecule has 0 spiro atoms. The highest BCUT2D eigenvalue weighted by Crippen LogP contribution is 2.14. The maximum atomic E-state index is 13.2. The van der Waals surface area contributed by atoms with Gasteiger partial charge < -0.3 is 10.2 Å². The van der Waals surface area contributed by atoms with Gasteiger partial charge in [-0.3, -0.25) is 4.79 Å². The van der Waals surface area contributed by atoms with Crippen LogP contribution >= 0.6 is 0 Å². The summed E-state index contributed by atoms with van der Waals surface area (Å²) in [6, 6.07) is 11.2. The van der Waals surface area contributed by atoms with E-state index in [9.17, 15) is 13.6 Å². The molecule has 0 aliphatic rings. The maximum Gasteiger partial charge on any atom is 0.251 e. The number of nitrogens with zero attached hydrogens (tertiary/aromatic N) is 1. The molecule has 0 saturated carbocycles. The number of nitrogens with one attached hydrogen (secondary N) is 1. The number of halogens is 2. The number of aryl methyl sites for hydroxylation is 1. The lowest BCUT2D eigenvalue weighted by Gasteiger charge is -2.16. The van der Waals surface area contributed by atoms with Crippen LogP contribution in [0.1, 0.15) is 29.3 Å². The van der Waals surface area contributed by atoms with Crippen molar-refractivity contribution in [3.8, 4) is 0 Å². The van der Waals surface area contributed by atoms with Crippen LogP contribution in [0.2, 0.25) is 0 Å². The molecule has 0 aromatic heterocycles. The van der Waals surface area contributed by atoms with Crippen LogP contribution in [0.15, 0.2) is 42.5 Å². The van der Waals surface area contributed by atoms with Gasteiger partial charge in [-0.1, -0.05) is 12.1 Å². The average molecular weight is 332 g/mol. The Bertz CT molecular complexity index is 716. The van der Waals surface area contributed by atoms with E-state index < -0.39 is 11.6 Å². The van der Waals surface area contributed by atoms with E-state index in [0.29, 0.717) is 24.0 Å². The van der Waals surface area contributed by atoms with Gasteiger partial charge in [0, 0.05) is 31.4 Å². The van der Waals surface area contributed by atoms with Gasteiger partial charge in [-0.25, -0.2) is 8.78 Å². The summed E-state index contributed by atoms with van der Waals surface area (Å²) in [6.07, 6.45) is 1.21. The summed E-state index contributed by atoms with van der Waals surface area (Å²) in [5, 5.41) is 2.93. The molecular formula is C19H22F2N2O. The molecule has 24 heavy (non-hydrogen) atoms. The average Bonchev–Trinajstić information content (AvgIpc) is 2.56. The minimum Gasteiger partial charge on any atom is -0.378 e. The molecule has 3 nitrogen and oxygen atoms in total. The number of benzene rings is 2. The van der Waals surface area contributed by atoms with Crippen molar-refractivity contribution in [2.45, 2.75) is 25.8 Å². The van der Waals surface area contributed by atoms with E-state index in [1.165, 1.54) is 6.07 Å². The Kier molecular flexibility index (Phi) is 5.90. The highest BCUT2D eigenvalue weighted by molar-refractivity contribution is 5.95. The van der Waals surface area contributed by atoms with Crippen molar-refractivity contribution in [1.29, 1.82) is 0 Å². The Labute approximate surface area is 141 Å². The van der Waals surface area contributed by atoms with Crippen LogP contribution in [-0.4, -0.2) is 26.0 Å². The zero-order chi connectivity index (χ0) is 17.7. The maximum absolute atomic E-state index is 13.2. The number of carbonyl (C=O) groups is 1. The van der Waals surface area contributed by atoms with E-state index in [2.05, 4.69) is 5.32 Å². The van der Waals surface area contributed by atoms with Crippen molar-refractivity contribution in [3.63, 3.8) is 0 Å². The van der Waals surface area contributed by atoms with Crippen LogP contribution in [0, 0.1) is 11.6 Å². The monoisotopic (exact) mass is 332 g/mol. The number of amides is 1. The van der Waals surface area contributed by atoms with E-state index in [1.807, 2.05) is 44.1 Å². The SMILES string of the molecule is CC(CCc1ccc(F)c(F)c1)NC(=O)c1cccc(N(C)C)c1. The van der Waals surface area contributed by atoms with E-state index in [0.717, 1.165) is 11.8 Å². The van der Waals surface area contributed by atoms with Crippen molar-refractivity contribution in [2.75, 3.05) is 19.0 Å². The summed E-state index contributed by atoms with van der Waals surface area (Å²) in [5.74, 6) is -1.83. The normalized spacial score (nSPS) is 11.9. The van der Waals surface area contributed by atoms with Gasteiger partial charge in [-0.2, -0.15) is 0 Å². The van der Waals surface area contributed by atoms with Gasteiger partial charge in [0.15, 0.2) is 11.6 Å². The van der Waals surface area contributed by atoms with Crippen molar-refractivity contribution >= 4 is 11.6 Å². The van der Waals surface area contributed by atoms with Gasteiger partial charge in [-0.15, -0.1) is 0 Å². The molecule has 2 aromatic rings. The van der Waals surface area contributed by atoms with Crippen molar-refractivity contribution < 1.29 is 13.6 Å². The van der Waals surface area contributed by atoms with Gasteiger partial charge in [0.25, 0.3) is 5.91 Å². The predicted octanol–water partition coefficient (Wildman–Crippen LogP) is 3.78. The zero-order valence-corrected chi connectivity index (χ0v) is 14.1. The Morgan fingerprint density at radius 2 is 1.88 bits per heavy atom. The van der Waals surface area contributed by atoms with Crippen LogP contribution in [0.25, 0.3) is 0 Å². The van der Waals surface area contributed by atoms with Gasteiger partial charge in [0.1, 0.15) is 0 Å². The van der Waals surface area contributed by atoms with Crippen LogP contribution in [-0.2, 0) is 6.42 Å². The van der Waals surface area contributed by atoms with E-state index in [4.69, 9.17) is 0 Å². The van der Waals surface area contributed by atoms with E-state index >= 15 is 0 Å². The molecule has 0 fully saturated rings. The molecule has 2 rings (SSSR count). The van der Waals surface area contributed by atoms with Gasteiger partial charge in [-0.05, 0) is 55.7 Å². The molecule has 0 aliphatic carbocycles. The molecule has 1 atom stereocenters. The predicted molar refractivity (Wildman–Crippen MR) is 92.4 cm³/mol. The van der Waals surface area contributed by atoms with Crippen LogP contribution in [0.4, 0.5) is 14.5 Å². The van der Waals surface area contributed by atoms with E-state index in [1.54, 1.807) is 12.1 Å². The molecule has 1 amide bonds. The zero-order valence-electron chi connectivity index (χ0n) is 14.1. The third kappa shape index (κ3) is 4.78. The Morgan fingerprint density at radius 1 is 1.12 bits per heavy atom. The molecule has 128 valence electrons. The first-order valence-corrected chi connectivity index (χ1v) is 7.89. The van der Waals surface area contributed by atoms with Gasteiger partial charge in [0.2, 0.25) is 0 Å². The number of hydrogen-bond donors (Lipinski definition) is 1. The molecule has 0 radical (unpaired) electrons. The summed E-state index contributed by atoms with van der Waals surface area (Å²) in [4.78, 5) is 14.2. The Morgan fingerprint density at radius 3 is 2.54 bits per heavy atom. The van der Waals surface area contributed by atoms with Crippen LogP contribution < -0.4 is 10.2 Å². The minimum absolute atomic E-state index is 0.0753. The molecule has 0 saturated heterocycles. The lowest BCUT2D eigenvalue weighted by molar-refractivity contribution is 0.0938. The summed E-state index contributed by atoms with van der Waals surface area (Å²) >= 11 is 0. The first-order valence-electron chi connectivity index (χ1n) is 7.89. The largest absolute Gasteiger partial charge is 0.378 e. The quantitative estimate of drug-likeness (QED) is 0.873. The molecule has 0 aliphatic heterocycles. The second-order valence-corrected chi connectivity index (χ2v) is 6.11. The summed E-state index contributed by atoms with van der Waals surface area (Å²) in [7, 11) is 3.84. The Hall–Kier alpha value is -2.43. The summed E-state index contributed by atoms with van der Waals surface area (Å²) < 4.78 is 26.1. The lowest BCUT2D eigenvalue weighted by atomic mass is 10.1. The highest BCUT2D eigenvalue weighted by atomic mass is 19.2. The third-order valence-electron chi connectivity index (χ3n) is 3.85. The molecule has 0 heterocycles. The number of hydrogen-bond acceptors (Lipinski definition) is 2.